The van der Waals surface area contributed by atoms with E-state index in [1.54, 1.807) is 10.4 Å². The first-order chi connectivity index (χ1) is 13.4. The van der Waals surface area contributed by atoms with Crippen molar-refractivity contribution in [2.75, 3.05) is 0 Å². The van der Waals surface area contributed by atoms with Gasteiger partial charge in [0, 0.05) is 15.8 Å². The maximum Gasteiger partial charge on any atom is 0.125 e. The van der Waals surface area contributed by atoms with Gasteiger partial charge in [-0.05, 0) is 66.3 Å². The first kappa shape index (κ1) is 17.9. The number of fused-ring (bicyclic) bond motifs is 6. The molecule has 0 aliphatic heterocycles. The van der Waals surface area contributed by atoms with E-state index in [-0.39, 0.29) is 12.4 Å². The lowest BCUT2D eigenvalue weighted by molar-refractivity contribution is 0.700. The standard InChI is InChI=1S/C25H21NS.ClH/c1-2-9-17(10-3-1)22-20-15-14-16-8-4-5-11-18(16)24(20)26-25-23(22)19-12-6-7-13-21(19)27-25;/h1-5,8-11H,6-7,12-15H2;1H. The largest absolute Gasteiger partial charge is 0.237 e. The molecule has 0 unspecified atom stereocenters. The second kappa shape index (κ2) is 7.02. The van der Waals surface area contributed by atoms with Gasteiger partial charge in [0.25, 0.3) is 0 Å². The Morgan fingerprint density at radius 2 is 1.54 bits per heavy atom. The highest BCUT2D eigenvalue weighted by Gasteiger charge is 2.27. The van der Waals surface area contributed by atoms with E-state index in [9.17, 15) is 0 Å². The van der Waals surface area contributed by atoms with Crippen LogP contribution in [0.1, 0.15) is 34.4 Å². The maximum absolute atomic E-state index is 5.27. The quantitative estimate of drug-likeness (QED) is 0.332. The van der Waals surface area contributed by atoms with Crippen LogP contribution in [-0.2, 0) is 25.7 Å². The Morgan fingerprint density at radius 1 is 0.750 bits per heavy atom. The third-order valence-electron chi connectivity index (χ3n) is 6.18. The van der Waals surface area contributed by atoms with Gasteiger partial charge in [0.2, 0.25) is 0 Å². The Balaban J connectivity index is 0.00000171. The molecule has 1 nitrogen and oxygen atoms in total. The van der Waals surface area contributed by atoms with Gasteiger partial charge in [-0.3, -0.25) is 0 Å². The molecule has 0 N–H and O–H groups in total. The molecule has 3 heteroatoms. The third-order valence-corrected chi connectivity index (χ3v) is 7.37. The normalized spacial score (nSPS) is 14.7. The number of aromatic nitrogens is 1. The fraction of sp³-hybridized carbons (Fsp3) is 0.240. The SMILES string of the molecule is Cl.c1ccc(-c2c3c(nc4sc5c(c24)CCCC5)-c2ccccc2CC3)cc1. The van der Waals surface area contributed by atoms with Gasteiger partial charge in [0.15, 0.2) is 0 Å². The number of nitrogens with zero attached hydrogens (tertiary/aromatic N) is 1. The van der Waals surface area contributed by atoms with Crippen molar-refractivity contribution in [3.8, 4) is 22.4 Å². The lowest BCUT2D eigenvalue weighted by Crippen LogP contribution is -2.08. The first-order valence-corrected chi connectivity index (χ1v) is 10.8. The van der Waals surface area contributed by atoms with E-state index in [2.05, 4.69) is 54.6 Å². The monoisotopic (exact) mass is 403 g/mol. The summed E-state index contributed by atoms with van der Waals surface area (Å²) in [6.45, 7) is 0. The van der Waals surface area contributed by atoms with Crippen molar-refractivity contribution in [3.63, 3.8) is 0 Å². The minimum Gasteiger partial charge on any atom is -0.237 e. The van der Waals surface area contributed by atoms with E-state index < -0.39 is 0 Å². The number of benzene rings is 2. The van der Waals surface area contributed by atoms with Crippen molar-refractivity contribution >= 4 is 34.0 Å². The summed E-state index contributed by atoms with van der Waals surface area (Å²) in [4.78, 5) is 8.09. The summed E-state index contributed by atoms with van der Waals surface area (Å²) in [7, 11) is 0. The van der Waals surface area contributed by atoms with Gasteiger partial charge in [-0.15, -0.1) is 23.7 Å². The van der Waals surface area contributed by atoms with Gasteiger partial charge in [0.1, 0.15) is 4.83 Å². The summed E-state index contributed by atoms with van der Waals surface area (Å²) in [5, 5.41) is 1.46. The average molecular weight is 404 g/mol. The lowest BCUT2D eigenvalue weighted by Gasteiger charge is -2.23. The van der Waals surface area contributed by atoms with Crippen LogP contribution in [0.15, 0.2) is 54.6 Å². The van der Waals surface area contributed by atoms with E-state index in [4.69, 9.17) is 4.98 Å². The second-order valence-corrected chi connectivity index (χ2v) is 8.81. The molecule has 0 bridgehead atoms. The number of thiophene rings is 1. The molecule has 0 spiro atoms. The predicted octanol–water partition coefficient (Wildman–Crippen LogP) is 7.03. The first-order valence-electron chi connectivity index (χ1n) is 10.0. The predicted molar refractivity (Wildman–Crippen MR) is 122 cm³/mol. The number of hydrogen-bond acceptors (Lipinski definition) is 2. The van der Waals surface area contributed by atoms with Crippen molar-refractivity contribution in [1.29, 1.82) is 0 Å². The van der Waals surface area contributed by atoms with Crippen molar-refractivity contribution in [2.45, 2.75) is 38.5 Å². The van der Waals surface area contributed by atoms with Crippen LogP contribution >= 0.6 is 23.7 Å². The molecule has 28 heavy (non-hydrogen) atoms. The third kappa shape index (κ3) is 2.62. The Morgan fingerprint density at radius 3 is 2.43 bits per heavy atom. The van der Waals surface area contributed by atoms with E-state index in [0.717, 1.165) is 12.8 Å². The molecule has 0 saturated carbocycles. The molecule has 6 rings (SSSR count). The van der Waals surface area contributed by atoms with E-state index in [1.807, 2.05) is 11.3 Å². The van der Waals surface area contributed by atoms with Crippen molar-refractivity contribution in [3.05, 3.63) is 76.2 Å². The van der Waals surface area contributed by atoms with E-state index >= 15 is 0 Å². The fourth-order valence-electron chi connectivity index (χ4n) is 4.94. The van der Waals surface area contributed by atoms with Crippen molar-refractivity contribution < 1.29 is 0 Å². The number of rotatable bonds is 1. The smallest absolute Gasteiger partial charge is 0.125 e. The van der Waals surface area contributed by atoms with Crippen LogP contribution < -0.4 is 0 Å². The Hall–Kier alpha value is -2.16. The number of halogens is 1. The summed E-state index contributed by atoms with van der Waals surface area (Å²) < 4.78 is 0. The molecule has 0 amide bonds. The van der Waals surface area contributed by atoms with Crippen LogP contribution in [0.4, 0.5) is 0 Å². The maximum atomic E-state index is 5.27. The van der Waals surface area contributed by atoms with Crippen molar-refractivity contribution in [1.82, 2.24) is 4.98 Å². The minimum atomic E-state index is 0. The summed E-state index contributed by atoms with van der Waals surface area (Å²) in [6.07, 6.45) is 7.28. The van der Waals surface area contributed by atoms with Crippen molar-refractivity contribution in [2.24, 2.45) is 0 Å². The highest BCUT2D eigenvalue weighted by molar-refractivity contribution is 7.19. The number of pyridine rings is 1. The van der Waals surface area contributed by atoms with Gasteiger partial charge < -0.3 is 0 Å². The van der Waals surface area contributed by atoms with Gasteiger partial charge in [0.05, 0.1) is 5.69 Å². The highest BCUT2D eigenvalue weighted by Crippen LogP contribution is 2.46. The summed E-state index contributed by atoms with van der Waals surface area (Å²) in [6, 6.07) is 19.9. The zero-order chi connectivity index (χ0) is 17.8. The molecule has 4 aromatic rings. The van der Waals surface area contributed by atoms with E-state index in [0.29, 0.717) is 0 Å². The van der Waals surface area contributed by atoms with Crippen LogP contribution in [0.5, 0.6) is 0 Å². The number of hydrogen-bond donors (Lipinski definition) is 0. The zero-order valence-electron chi connectivity index (χ0n) is 15.7. The average Bonchev–Trinajstić information content (AvgIpc) is 3.11. The zero-order valence-corrected chi connectivity index (χ0v) is 17.3. The highest BCUT2D eigenvalue weighted by atomic mass is 35.5. The van der Waals surface area contributed by atoms with Gasteiger partial charge in [-0.2, -0.15) is 0 Å². The number of aryl methyl sites for hydroxylation is 3. The fourth-order valence-corrected chi connectivity index (χ4v) is 6.22. The molecule has 0 fully saturated rings. The molecular formula is C25H22ClNS. The van der Waals surface area contributed by atoms with Crippen LogP contribution in [0.2, 0.25) is 0 Å². The molecule has 2 aromatic heterocycles. The second-order valence-electron chi connectivity index (χ2n) is 7.73. The molecule has 2 heterocycles. The van der Waals surface area contributed by atoms with Crippen LogP contribution in [0.3, 0.4) is 0 Å². The minimum absolute atomic E-state index is 0. The molecule has 140 valence electrons. The summed E-state index contributed by atoms with van der Waals surface area (Å²) in [5.74, 6) is 0. The summed E-state index contributed by atoms with van der Waals surface area (Å²) in [5.41, 5.74) is 9.87. The lowest BCUT2D eigenvalue weighted by atomic mass is 9.82. The van der Waals surface area contributed by atoms with E-state index in [1.165, 1.54) is 69.4 Å². The molecular weight excluding hydrogens is 382 g/mol. The molecule has 2 aliphatic rings. The molecule has 0 saturated heterocycles. The van der Waals surface area contributed by atoms with Crippen LogP contribution in [0.25, 0.3) is 32.6 Å². The van der Waals surface area contributed by atoms with Gasteiger partial charge in [-0.25, -0.2) is 4.98 Å². The van der Waals surface area contributed by atoms with Gasteiger partial charge in [-0.1, -0.05) is 54.6 Å². The Bertz CT molecular complexity index is 1180. The Kier molecular flexibility index (Phi) is 4.49. The molecule has 0 atom stereocenters. The molecule has 2 aliphatic carbocycles. The molecule has 0 radical (unpaired) electrons. The topological polar surface area (TPSA) is 12.9 Å². The summed E-state index contributed by atoms with van der Waals surface area (Å²) >= 11 is 1.94. The van der Waals surface area contributed by atoms with Crippen LogP contribution in [-0.4, -0.2) is 4.98 Å². The van der Waals surface area contributed by atoms with Crippen LogP contribution in [0, 0.1) is 0 Å². The Labute approximate surface area is 175 Å². The van der Waals surface area contributed by atoms with Gasteiger partial charge >= 0.3 is 0 Å². The molecule has 2 aromatic carbocycles.